The van der Waals surface area contributed by atoms with Crippen LogP contribution < -0.4 is 9.21 Å². The fraction of sp³-hybridized carbons (Fsp3) is 0.300. The van der Waals surface area contributed by atoms with Gasteiger partial charge in [0.2, 0.25) is 0 Å². The molecule has 0 saturated carbocycles. The van der Waals surface area contributed by atoms with Gasteiger partial charge in [-0.15, -0.1) is 0 Å². The highest BCUT2D eigenvalue weighted by Crippen LogP contribution is 2.32. The van der Waals surface area contributed by atoms with Crippen LogP contribution in [-0.2, 0) is 24.3 Å². The molecule has 0 spiro atoms. The zero-order valence-corrected chi connectivity index (χ0v) is 25.7. The third-order valence-electron chi connectivity index (χ3n) is 6.50. The molecule has 1 fully saturated rings. The first-order valence-corrected chi connectivity index (χ1v) is 15.5. The zero-order chi connectivity index (χ0) is 30.1. The van der Waals surface area contributed by atoms with Gasteiger partial charge in [0.15, 0.2) is 0 Å². The number of carbonyl (C=O) groups excluding carboxylic acids is 1. The number of sulfonamides is 1. The summed E-state index contributed by atoms with van der Waals surface area (Å²) in [7, 11) is -4.25. The number of morpholine rings is 1. The lowest BCUT2D eigenvalue weighted by Gasteiger charge is -2.27. The van der Waals surface area contributed by atoms with Gasteiger partial charge in [-0.1, -0.05) is 41.4 Å². The van der Waals surface area contributed by atoms with Gasteiger partial charge in [0.05, 0.1) is 41.9 Å². The predicted molar refractivity (Wildman–Crippen MR) is 165 cm³/mol. The Bertz CT molecular complexity index is 1700. The molecule has 0 amide bonds. The van der Waals surface area contributed by atoms with E-state index in [0.717, 1.165) is 39.5 Å². The average Bonchev–Trinajstić information content (AvgIpc) is 2.94. The number of nitrogens with zero attached hydrogens (tertiary/aromatic N) is 4. The van der Waals surface area contributed by atoms with Crippen LogP contribution in [0.15, 0.2) is 71.9 Å². The van der Waals surface area contributed by atoms with Gasteiger partial charge in [-0.25, -0.2) is 13.4 Å². The molecule has 1 saturated heterocycles. The number of hydrogen-bond donors (Lipinski definition) is 0. The van der Waals surface area contributed by atoms with E-state index in [0.29, 0.717) is 18.9 Å². The molecule has 220 valence electrons. The number of rotatable bonds is 7. The third-order valence-corrected chi connectivity index (χ3v) is 8.69. The first-order chi connectivity index (χ1) is 19.9. The van der Waals surface area contributed by atoms with Crippen LogP contribution in [0, 0.1) is 0 Å². The summed E-state index contributed by atoms with van der Waals surface area (Å²) in [5.74, 6) is 0.105. The maximum atomic E-state index is 13.8. The van der Waals surface area contributed by atoms with Crippen LogP contribution in [0.3, 0.4) is 0 Å². The summed E-state index contributed by atoms with van der Waals surface area (Å²) in [5.41, 5.74) is 1.06. The van der Waals surface area contributed by atoms with Crippen molar-refractivity contribution >= 4 is 61.5 Å². The van der Waals surface area contributed by atoms with Gasteiger partial charge >= 0.3 is 5.97 Å². The maximum absolute atomic E-state index is 13.8. The van der Waals surface area contributed by atoms with Crippen molar-refractivity contribution in [3.8, 4) is 11.3 Å². The molecule has 0 radical (unpaired) electrons. The Kier molecular flexibility index (Phi) is 8.61. The van der Waals surface area contributed by atoms with Crippen LogP contribution in [0.25, 0.3) is 22.0 Å². The van der Waals surface area contributed by atoms with Crippen molar-refractivity contribution < 1.29 is 22.7 Å². The van der Waals surface area contributed by atoms with Gasteiger partial charge in [-0.3, -0.25) is 14.1 Å². The van der Waals surface area contributed by atoms with Gasteiger partial charge in [0, 0.05) is 28.7 Å². The number of halogens is 2. The van der Waals surface area contributed by atoms with E-state index < -0.39 is 28.1 Å². The molecule has 0 unspecified atom stereocenters. The minimum atomic E-state index is -4.25. The molecule has 0 aliphatic carbocycles. The fourth-order valence-corrected chi connectivity index (χ4v) is 6.71. The van der Waals surface area contributed by atoms with Crippen molar-refractivity contribution in [1.82, 2.24) is 9.97 Å². The monoisotopic (exact) mass is 628 g/mol. The second-order valence-electron chi connectivity index (χ2n) is 10.8. The second-order valence-corrected chi connectivity index (χ2v) is 13.5. The number of carbonyl (C=O) groups is 1. The van der Waals surface area contributed by atoms with Crippen LogP contribution in [0.1, 0.15) is 20.8 Å². The highest BCUT2D eigenvalue weighted by molar-refractivity contribution is 7.92. The predicted octanol–water partition coefficient (Wildman–Crippen LogP) is 5.98. The van der Waals surface area contributed by atoms with E-state index in [2.05, 4.69) is 14.9 Å². The molecule has 3 aromatic carbocycles. The minimum Gasteiger partial charge on any atom is -0.459 e. The molecule has 0 N–H and O–H groups in total. The van der Waals surface area contributed by atoms with Gasteiger partial charge in [0.1, 0.15) is 18.0 Å². The molecule has 9 nitrogen and oxygen atoms in total. The third kappa shape index (κ3) is 6.95. The minimum absolute atomic E-state index is 0.141. The lowest BCUT2D eigenvalue weighted by atomic mass is 10.0. The van der Waals surface area contributed by atoms with E-state index >= 15 is 0 Å². The molecule has 1 aliphatic heterocycles. The van der Waals surface area contributed by atoms with E-state index in [-0.39, 0.29) is 20.6 Å². The molecule has 0 atom stereocenters. The lowest BCUT2D eigenvalue weighted by molar-refractivity contribution is -0.152. The van der Waals surface area contributed by atoms with Crippen molar-refractivity contribution in [3.63, 3.8) is 0 Å². The highest BCUT2D eigenvalue weighted by atomic mass is 35.5. The van der Waals surface area contributed by atoms with Crippen molar-refractivity contribution in [2.24, 2.45) is 0 Å². The lowest BCUT2D eigenvalue weighted by Crippen LogP contribution is -2.39. The van der Waals surface area contributed by atoms with Crippen LogP contribution >= 0.6 is 23.2 Å². The summed E-state index contributed by atoms with van der Waals surface area (Å²) in [6.07, 6.45) is 3.50. The van der Waals surface area contributed by atoms with Gasteiger partial charge < -0.3 is 14.4 Å². The van der Waals surface area contributed by atoms with Crippen molar-refractivity contribution in [2.45, 2.75) is 31.3 Å². The zero-order valence-electron chi connectivity index (χ0n) is 23.4. The quantitative estimate of drug-likeness (QED) is 0.230. The molecule has 12 heteroatoms. The average molecular weight is 630 g/mol. The normalized spacial score (nSPS) is 14.2. The molecule has 0 bridgehead atoms. The Labute approximate surface area is 255 Å². The molecular formula is C30H30Cl2N4O5S. The molecule has 1 aromatic heterocycles. The summed E-state index contributed by atoms with van der Waals surface area (Å²) in [6, 6.07) is 14.9. The number of aromatic nitrogens is 2. The SMILES string of the molecule is CC(C)(C)OC(=O)CN(c1ccc2cc(-c3cnc(N4CCOCC4)cn3)ccc2c1)S(=O)(=O)c1cc(Cl)cc(Cl)c1. The van der Waals surface area contributed by atoms with E-state index in [1.165, 1.54) is 18.2 Å². The Morgan fingerprint density at radius 2 is 1.62 bits per heavy atom. The van der Waals surface area contributed by atoms with Gasteiger partial charge in [-0.05, 0) is 67.9 Å². The number of esters is 1. The second kappa shape index (κ2) is 12.0. The van der Waals surface area contributed by atoms with Crippen LogP contribution in [0.4, 0.5) is 11.5 Å². The Morgan fingerprint density at radius 1 is 0.952 bits per heavy atom. The van der Waals surface area contributed by atoms with E-state index in [4.69, 9.17) is 32.7 Å². The molecule has 2 heterocycles. The molecule has 5 rings (SSSR count). The first kappa shape index (κ1) is 30.0. The number of benzene rings is 3. The Morgan fingerprint density at radius 3 is 2.26 bits per heavy atom. The number of anilines is 2. The Balaban J connectivity index is 1.48. The first-order valence-electron chi connectivity index (χ1n) is 13.3. The smallest absolute Gasteiger partial charge is 0.327 e. The van der Waals surface area contributed by atoms with Gasteiger partial charge in [-0.2, -0.15) is 0 Å². The van der Waals surface area contributed by atoms with Crippen LogP contribution in [0.2, 0.25) is 10.0 Å². The topological polar surface area (TPSA) is 102 Å². The summed E-state index contributed by atoms with van der Waals surface area (Å²) >= 11 is 12.2. The van der Waals surface area contributed by atoms with Crippen LogP contribution in [-0.4, -0.2) is 62.8 Å². The summed E-state index contributed by atoms with van der Waals surface area (Å²) in [4.78, 5) is 24.0. The van der Waals surface area contributed by atoms with Crippen LogP contribution in [0.5, 0.6) is 0 Å². The van der Waals surface area contributed by atoms with Crippen molar-refractivity contribution in [1.29, 1.82) is 0 Å². The number of hydrogen-bond acceptors (Lipinski definition) is 8. The Hall–Kier alpha value is -3.44. The van der Waals surface area contributed by atoms with Crippen molar-refractivity contribution in [2.75, 3.05) is 42.1 Å². The largest absolute Gasteiger partial charge is 0.459 e. The standard InChI is InChI=1S/C30H30Cl2N4O5S/c1-30(2,3)41-29(37)19-36(42(38,39)26-15-23(31)14-24(32)16-26)25-7-6-20-12-22(5-4-21(20)13-25)27-17-34-28(18-33-27)35-8-10-40-11-9-35/h4-7,12-18H,8-11,19H2,1-3H3. The number of fused-ring (bicyclic) bond motifs is 1. The summed E-state index contributed by atoms with van der Waals surface area (Å²) in [6.45, 7) is 7.49. The van der Waals surface area contributed by atoms with E-state index in [9.17, 15) is 13.2 Å². The maximum Gasteiger partial charge on any atom is 0.327 e. The molecule has 1 aliphatic rings. The molecule has 42 heavy (non-hydrogen) atoms. The van der Waals surface area contributed by atoms with E-state index in [1.54, 1.807) is 51.4 Å². The van der Waals surface area contributed by atoms with Crippen molar-refractivity contribution in [3.05, 3.63) is 77.0 Å². The highest BCUT2D eigenvalue weighted by Gasteiger charge is 2.30. The molecule has 4 aromatic rings. The fourth-order valence-electron chi connectivity index (χ4n) is 4.58. The summed E-state index contributed by atoms with van der Waals surface area (Å²) in [5, 5.41) is 1.94. The molecular weight excluding hydrogens is 599 g/mol. The van der Waals surface area contributed by atoms with Gasteiger partial charge in [0.25, 0.3) is 10.0 Å². The number of ether oxygens (including phenoxy) is 2. The summed E-state index contributed by atoms with van der Waals surface area (Å²) < 4.78 is 39.5. The van der Waals surface area contributed by atoms with E-state index in [1.807, 2.05) is 18.2 Å².